The number of nitrogens with zero attached hydrogens (tertiary/aromatic N) is 2. The average Bonchev–Trinajstić information content (AvgIpc) is 2.60. The molecule has 1 aliphatic heterocycles. The van der Waals surface area contributed by atoms with Gasteiger partial charge in [0, 0.05) is 0 Å². The molecule has 0 aromatic heterocycles. The number of piperazine rings is 1. The lowest BCUT2D eigenvalue weighted by Crippen LogP contribution is -3.00. The summed E-state index contributed by atoms with van der Waals surface area (Å²) < 4.78 is 2.64. The van der Waals surface area contributed by atoms with Crippen LogP contribution in [0.5, 0.6) is 0 Å². The highest BCUT2D eigenvalue weighted by atomic mass is 35.5. The van der Waals surface area contributed by atoms with Crippen molar-refractivity contribution in [3.63, 3.8) is 0 Å². The Bertz CT molecular complexity index is 333. The highest BCUT2D eigenvalue weighted by Gasteiger charge is 2.46. The largest absolute Gasteiger partial charge is 1.00 e. The zero-order valence-electron chi connectivity index (χ0n) is 20.1. The quantitative estimate of drug-likeness (QED) is 0.272. The Labute approximate surface area is 190 Å². The van der Waals surface area contributed by atoms with Crippen LogP contribution in [0.1, 0.15) is 105 Å². The van der Waals surface area contributed by atoms with Crippen LogP contribution in [-0.4, -0.2) is 61.3 Å². The van der Waals surface area contributed by atoms with Crippen LogP contribution in [0, 0.1) is 0 Å². The Balaban J connectivity index is 0. The summed E-state index contributed by atoms with van der Waals surface area (Å²) >= 11 is 0. The maximum atomic E-state index is 2.54. The number of rotatable bonds is 14. The second kappa shape index (κ2) is 16.2. The van der Waals surface area contributed by atoms with Crippen molar-refractivity contribution in [1.29, 1.82) is 0 Å². The van der Waals surface area contributed by atoms with E-state index < -0.39 is 0 Å². The van der Waals surface area contributed by atoms with E-state index in [2.05, 4.69) is 41.8 Å². The van der Waals surface area contributed by atoms with E-state index in [4.69, 9.17) is 0 Å². The third-order valence-corrected chi connectivity index (χ3v) is 7.54. The van der Waals surface area contributed by atoms with Gasteiger partial charge in [0.05, 0.1) is 27.2 Å². The molecule has 0 bridgehead atoms. The van der Waals surface area contributed by atoms with Crippen molar-refractivity contribution in [3.05, 3.63) is 0 Å². The van der Waals surface area contributed by atoms with Crippen LogP contribution < -0.4 is 24.8 Å². The Morgan fingerprint density at radius 2 is 0.821 bits per heavy atom. The Morgan fingerprint density at radius 1 is 0.536 bits per heavy atom. The minimum Gasteiger partial charge on any atom is -1.00 e. The van der Waals surface area contributed by atoms with Crippen LogP contribution in [0.4, 0.5) is 0 Å². The predicted octanol–water partition coefficient (Wildman–Crippen LogP) is 0.399. The molecule has 0 radical (unpaired) electrons. The van der Waals surface area contributed by atoms with E-state index in [9.17, 15) is 0 Å². The zero-order valence-corrected chi connectivity index (χ0v) is 21.6. The molecule has 4 atom stereocenters. The van der Waals surface area contributed by atoms with Crippen molar-refractivity contribution in [2.45, 2.75) is 117 Å². The minimum absolute atomic E-state index is 0. The van der Waals surface area contributed by atoms with E-state index in [1.54, 1.807) is 0 Å². The molecule has 1 saturated heterocycles. The van der Waals surface area contributed by atoms with Crippen LogP contribution in [0.3, 0.4) is 0 Å². The first-order chi connectivity index (χ1) is 12.4. The number of halogens is 2. The Morgan fingerprint density at radius 3 is 1.14 bits per heavy atom. The average molecular weight is 440 g/mol. The van der Waals surface area contributed by atoms with Crippen LogP contribution in [0.25, 0.3) is 0 Å². The predicted molar refractivity (Wildman–Crippen MR) is 118 cm³/mol. The first-order valence-electron chi connectivity index (χ1n) is 12.1. The lowest BCUT2D eigenvalue weighted by atomic mass is 9.99. The highest BCUT2D eigenvalue weighted by Crippen LogP contribution is 2.28. The molecule has 0 saturated carbocycles. The normalized spacial score (nSPS) is 29.8. The SMILES string of the molecule is CCCCCCCC[N+]1(C)CC(C)[N+](C)(CCCCCCCC)CC1C.[Cl-].[Cl-]. The third kappa shape index (κ3) is 10.5. The topological polar surface area (TPSA) is 0 Å². The van der Waals surface area contributed by atoms with Gasteiger partial charge in [-0.05, 0) is 39.5 Å². The van der Waals surface area contributed by atoms with Crippen LogP contribution >= 0.6 is 0 Å². The molecular weight excluding hydrogens is 387 g/mol. The number of hydrogen-bond acceptors (Lipinski definition) is 0. The molecule has 1 fully saturated rings. The van der Waals surface area contributed by atoms with Crippen molar-refractivity contribution < 1.29 is 33.8 Å². The maximum Gasteiger partial charge on any atom is 0.136 e. The van der Waals surface area contributed by atoms with E-state index in [1.165, 1.54) is 112 Å². The fourth-order valence-electron chi connectivity index (χ4n) is 5.09. The Hall–Kier alpha value is 0.500. The molecular formula is C24H52Cl2N2. The monoisotopic (exact) mass is 438 g/mol. The molecule has 1 heterocycles. The second-order valence-electron chi connectivity index (χ2n) is 10.0. The summed E-state index contributed by atoms with van der Waals surface area (Å²) in [7, 11) is 5.09. The standard InChI is InChI=1S/C24H52N2.2ClH/c1-7-9-11-13-15-17-19-25(5)21-24(4)26(6,22-23(25)3)20-18-16-14-12-10-8-2;;/h23-24H,7-22H2,1-6H3;2*1H/q+2;;/p-2. The molecule has 4 unspecified atom stereocenters. The highest BCUT2D eigenvalue weighted by molar-refractivity contribution is 4.66. The molecule has 0 aromatic rings. The summed E-state index contributed by atoms with van der Waals surface area (Å²) in [5.41, 5.74) is 0. The minimum atomic E-state index is 0. The third-order valence-electron chi connectivity index (χ3n) is 7.54. The smallest absolute Gasteiger partial charge is 0.136 e. The molecule has 1 rings (SSSR count). The number of unbranched alkanes of at least 4 members (excludes halogenated alkanes) is 10. The van der Waals surface area contributed by atoms with E-state index in [-0.39, 0.29) is 24.8 Å². The van der Waals surface area contributed by atoms with Crippen molar-refractivity contribution in [1.82, 2.24) is 0 Å². The van der Waals surface area contributed by atoms with E-state index in [0.29, 0.717) is 0 Å². The number of hydrogen-bond donors (Lipinski definition) is 0. The van der Waals surface area contributed by atoms with E-state index >= 15 is 0 Å². The first kappa shape index (κ1) is 30.7. The van der Waals surface area contributed by atoms with Gasteiger partial charge in [0.2, 0.25) is 0 Å². The lowest BCUT2D eigenvalue weighted by Gasteiger charge is -2.54. The van der Waals surface area contributed by atoms with Crippen LogP contribution in [0.15, 0.2) is 0 Å². The molecule has 28 heavy (non-hydrogen) atoms. The van der Waals surface area contributed by atoms with Crippen molar-refractivity contribution in [3.8, 4) is 0 Å². The summed E-state index contributed by atoms with van der Waals surface area (Å²) in [5, 5.41) is 0. The second-order valence-corrected chi connectivity index (χ2v) is 10.0. The van der Waals surface area contributed by atoms with Crippen LogP contribution in [-0.2, 0) is 0 Å². The van der Waals surface area contributed by atoms with Gasteiger partial charge >= 0.3 is 0 Å². The van der Waals surface area contributed by atoms with Gasteiger partial charge < -0.3 is 33.8 Å². The van der Waals surface area contributed by atoms with Gasteiger partial charge in [-0.1, -0.05) is 65.2 Å². The van der Waals surface area contributed by atoms with E-state index in [0.717, 1.165) is 12.1 Å². The summed E-state index contributed by atoms with van der Waals surface area (Å²) in [6, 6.07) is 1.62. The number of quaternary nitrogens is 2. The van der Waals surface area contributed by atoms with Gasteiger partial charge in [0.15, 0.2) is 0 Å². The number of likely N-dealkylation sites (N-methyl/N-ethyl adjacent to an activating group) is 2. The molecule has 0 aromatic carbocycles. The lowest BCUT2D eigenvalue weighted by molar-refractivity contribution is -1.05. The fourth-order valence-corrected chi connectivity index (χ4v) is 5.09. The van der Waals surface area contributed by atoms with Gasteiger partial charge in [-0.3, -0.25) is 0 Å². The molecule has 0 amide bonds. The first-order valence-corrected chi connectivity index (χ1v) is 12.1. The molecule has 0 spiro atoms. The molecule has 0 N–H and O–H groups in total. The van der Waals surface area contributed by atoms with Crippen molar-refractivity contribution in [2.24, 2.45) is 0 Å². The van der Waals surface area contributed by atoms with Crippen molar-refractivity contribution >= 4 is 0 Å². The zero-order chi connectivity index (χ0) is 19.5. The van der Waals surface area contributed by atoms with Gasteiger partial charge in [-0.25, -0.2) is 0 Å². The molecule has 4 heteroatoms. The van der Waals surface area contributed by atoms with Crippen LogP contribution in [0.2, 0.25) is 0 Å². The van der Waals surface area contributed by atoms with Gasteiger partial charge in [-0.2, -0.15) is 0 Å². The van der Waals surface area contributed by atoms with E-state index in [1.807, 2.05) is 0 Å². The summed E-state index contributed by atoms with van der Waals surface area (Å²) in [4.78, 5) is 0. The molecule has 1 aliphatic rings. The molecule has 2 nitrogen and oxygen atoms in total. The molecule has 172 valence electrons. The van der Waals surface area contributed by atoms with Gasteiger partial charge in [-0.15, -0.1) is 0 Å². The summed E-state index contributed by atoms with van der Waals surface area (Å²) in [6.45, 7) is 15.2. The summed E-state index contributed by atoms with van der Waals surface area (Å²) in [5.74, 6) is 0. The molecule has 0 aliphatic carbocycles. The van der Waals surface area contributed by atoms with Gasteiger partial charge in [0.1, 0.15) is 25.2 Å². The fraction of sp³-hybridized carbons (Fsp3) is 1.00. The Kier molecular flexibility index (Phi) is 17.8. The summed E-state index contributed by atoms with van der Waals surface area (Å²) in [6.07, 6.45) is 17.1. The van der Waals surface area contributed by atoms with Crippen molar-refractivity contribution in [2.75, 3.05) is 40.3 Å². The maximum absolute atomic E-state index is 2.54. The van der Waals surface area contributed by atoms with Gasteiger partial charge in [0.25, 0.3) is 0 Å².